The van der Waals surface area contributed by atoms with Crippen LogP contribution in [0.5, 0.6) is 0 Å². The second-order valence-corrected chi connectivity index (χ2v) is 6.89. The first kappa shape index (κ1) is 15.9. The second-order valence-electron chi connectivity index (χ2n) is 6.49. The number of benzene rings is 1. The topological polar surface area (TPSA) is 37.0 Å². The number of aromatic nitrogens is 1. The molecule has 1 saturated carbocycles. The minimum Gasteiger partial charge on any atom is -0.353 e. The molecule has 0 saturated heterocycles. The van der Waals surface area contributed by atoms with Gasteiger partial charge in [-0.1, -0.05) is 25.0 Å². The zero-order valence-corrected chi connectivity index (χ0v) is 14.5. The van der Waals surface area contributed by atoms with Gasteiger partial charge in [0.1, 0.15) is 0 Å². The molecule has 1 aliphatic carbocycles. The highest BCUT2D eigenvalue weighted by Crippen LogP contribution is 2.38. The number of aryl methyl sites for hydroxylation is 2. The third-order valence-electron chi connectivity index (χ3n) is 4.50. The van der Waals surface area contributed by atoms with Crippen molar-refractivity contribution >= 4 is 23.0 Å². The summed E-state index contributed by atoms with van der Waals surface area (Å²) < 4.78 is 0. The molecule has 1 aromatic heterocycles. The predicted molar refractivity (Wildman–Crippen MR) is 99.7 cm³/mol. The zero-order chi connectivity index (χ0) is 16.3. The van der Waals surface area contributed by atoms with Crippen LogP contribution < -0.4 is 10.6 Å². The van der Waals surface area contributed by atoms with E-state index in [1.165, 1.54) is 29.5 Å². The molecule has 3 rings (SSSR count). The molecule has 1 aromatic carbocycles. The Balaban J connectivity index is 1.77. The molecule has 4 heteroatoms. The standard InChI is InChI=1S/C19H23N3S/c1-14-10-15(2)12-17(11-14)21-18(23)22-19(7-3-4-8-19)16-6-5-9-20-13-16/h5-6,9-13H,3-4,7-8H2,1-2H3,(H2,21,22,23). The Labute approximate surface area is 143 Å². The molecular formula is C19H23N3S. The second kappa shape index (κ2) is 6.67. The van der Waals surface area contributed by atoms with E-state index >= 15 is 0 Å². The molecule has 0 amide bonds. The van der Waals surface area contributed by atoms with Gasteiger partial charge in [0.2, 0.25) is 0 Å². The van der Waals surface area contributed by atoms with Crippen molar-refractivity contribution in [3.05, 3.63) is 59.4 Å². The summed E-state index contributed by atoms with van der Waals surface area (Å²) in [6.07, 6.45) is 8.39. The summed E-state index contributed by atoms with van der Waals surface area (Å²) in [6.45, 7) is 4.20. The summed E-state index contributed by atoms with van der Waals surface area (Å²) in [5, 5.41) is 7.60. The van der Waals surface area contributed by atoms with Gasteiger partial charge in [-0.25, -0.2) is 0 Å². The van der Waals surface area contributed by atoms with Crippen LogP contribution in [0.1, 0.15) is 42.4 Å². The molecule has 0 radical (unpaired) electrons. The third-order valence-corrected chi connectivity index (χ3v) is 4.71. The van der Waals surface area contributed by atoms with Gasteiger partial charge in [0.25, 0.3) is 0 Å². The summed E-state index contributed by atoms with van der Waals surface area (Å²) in [6, 6.07) is 10.5. The van der Waals surface area contributed by atoms with Crippen LogP contribution in [0.4, 0.5) is 5.69 Å². The summed E-state index contributed by atoms with van der Waals surface area (Å²) in [4.78, 5) is 4.29. The molecule has 0 unspecified atom stereocenters. The SMILES string of the molecule is Cc1cc(C)cc(NC(=S)NC2(c3cccnc3)CCCC2)c1. The number of anilines is 1. The molecule has 1 fully saturated rings. The van der Waals surface area contributed by atoms with E-state index in [0.29, 0.717) is 5.11 Å². The van der Waals surface area contributed by atoms with Crippen molar-refractivity contribution in [1.82, 2.24) is 10.3 Å². The average molecular weight is 325 g/mol. The van der Waals surface area contributed by atoms with E-state index in [1.807, 2.05) is 18.5 Å². The first-order valence-electron chi connectivity index (χ1n) is 8.15. The maximum absolute atomic E-state index is 5.59. The number of hydrogen-bond acceptors (Lipinski definition) is 2. The fourth-order valence-electron chi connectivity index (χ4n) is 3.54. The average Bonchev–Trinajstić information content (AvgIpc) is 2.96. The van der Waals surface area contributed by atoms with Crippen LogP contribution in [0.3, 0.4) is 0 Å². The van der Waals surface area contributed by atoms with Crippen molar-refractivity contribution in [1.29, 1.82) is 0 Å². The fraction of sp³-hybridized carbons (Fsp3) is 0.368. The van der Waals surface area contributed by atoms with Crippen molar-refractivity contribution in [2.75, 3.05) is 5.32 Å². The molecule has 0 spiro atoms. The van der Waals surface area contributed by atoms with Gasteiger partial charge >= 0.3 is 0 Å². The first-order valence-corrected chi connectivity index (χ1v) is 8.56. The molecule has 1 aliphatic rings. The Hall–Kier alpha value is -1.94. The lowest BCUT2D eigenvalue weighted by atomic mass is 9.89. The maximum Gasteiger partial charge on any atom is 0.171 e. The van der Waals surface area contributed by atoms with E-state index < -0.39 is 0 Å². The number of hydrogen-bond donors (Lipinski definition) is 2. The molecule has 120 valence electrons. The Bertz CT molecular complexity index is 671. The number of thiocarbonyl (C=S) groups is 1. The number of nitrogens with one attached hydrogen (secondary N) is 2. The van der Waals surface area contributed by atoms with Crippen molar-refractivity contribution in [2.45, 2.75) is 45.1 Å². The van der Waals surface area contributed by atoms with Crippen LogP contribution in [0.2, 0.25) is 0 Å². The van der Waals surface area contributed by atoms with Crippen molar-refractivity contribution in [3.63, 3.8) is 0 Å². The third kappa shape index (κ3) is 3.70. The Morgan fingerprint density at radius 2 is 1.83 bits per heavy atom. The molecular weight excluding hydrogens is 302 g/mol. The molecule has 2 N–H and O–H groups in total. The normalized spacial score (nSPS) is 16.1. The van der Waals surface area contributed by atoms with E-state index in [4.69, 9.17) is 12.2 Å². The number of pyridine rings is 1. The highest BCUT2D eigenvalue weighted by Gasteiger charge is 2.36. The lowest BCUT2D eigenvalue weighted by Gasteiger charge is -2.32. The zero-order valence-electron chi connectivity index (χ0n) is 13.7. The molecule has 0 aliphatic heterocycles. The van der Waals surface area contributed by atoms with Gasteiger partial charge in [-0.05, 0) is 73.8 Å². The van der Waals surface area contributed by atoms with E-state index in [-0.39, 0.29) is 5.54 Å². The van der Waals surface area contributed by atoms with Gasteiger partial charge in [-0.2, -0.15) is 0 Å². The van der Waals surface area contributed by atoms with Gasteiger partial charge in [0.15, 0.2) is 5.11 Å². The first-order chi connectivity index (χ1) is 11.1. The van der Waals surface area contributed by atoms with Crippen LogP contribution in [-0.2, 0) is 5.54 Å². The van der Waals surface area contributed by atoms with Crippen LogP contribution >= 0.6 is 12.2 Å². The van der Waals surface area contributed by atoms with E-state index in [0.717, 1.165) is 18.5 Å². The van der Waals surface area contributed by atoms with Gasteiger partial charge < -0.3 is 10.6 Å². The molecule has 2 aromatic rings. The van der Waals surface area contributed by atoms with Crippen LogP contribution in [0.25, 0.3) is 0 Å². The van der Waals surface area contributed by atoms with Crippen molar-refractivity contribution in [2.24, 2.45) is 0 Å². The fourth-order valence-corrected chi connectivity index (χ4v) is 3.85. The highest BCUT2D eigenvalue weighted by atomic mass is 32.1. The molecule has 0 bridgehead atoms. The van der Waals surface area contributed by atoms with Gasteiger partial charge in [0, 0.05) is 18.1 Å². The maximum atomic E-state index is 5.59. The summed E-state index contributed by atoms with van der Waals surface area (Å²) >= 11 is 5.59. The summed E-state index contributed by atoms with van der Waals surface area (Å²) in [5.74, 6) is 0. The monoisotopic (exact) mass is 325 g/mol. The molecule has 23 heavy (non-hydrogen) atoms. The summed E-state index contributed by atoms with van der Waals surface area (Å²) in [5.41, 5.74) is 4.65. The molecule has 1 heterocycles. The van der Waals surface area contributed by atoms with Gasteiger partial charge in [0.05, 0.1) is 5.54 Å². The van der Waals surface area contributed by atoms with Crippen molar-refractivity contribution < 1.29 is 0 Å². The Morgan fingerprint density at radius 1 is 1.13 bits per heavy atom. The van der Waals surface area contributed by atoms with Crippen LogP contribution in [0, 0.1) is 13.8 Å². The summed E-state index contributed by atoms with van der Waals surface area (Å²) in [7, 11) is 0. The van der Waals surface area contributed by atoms with Crippen LogP contribution in [0.15, 0.2) is 42.7 Å². The molecule has 0 atom stereocenters. The van der Waals surface area contributed by atoms with E-state index in [2.05, 4.69) is 53.7 Å². The highest BCUT2D eigenvalue weighted by molar-refractivity contribution is 7.80. The lowest BCUT2D eigenvalue weighted by Crippen LogP contribution is -2.45. The number of rotatable bonds is 3. The van der Waals surface area contributed by atoms with E-state index in [9.17, 15) is 0 Å². The van der Waals surface area contributed by atoms with Crippen LogP contribution in [-0.4, -0.2) is 10.1 Å². The van der Waals surface area contributed by atoms with Crippen molar-refractivity contribution in [3.8, 4) is 0 Å². The Morgan fingerprint density at radius 3 is 2.43 bits per heavy atom. The minimum absolute atomic E-state index is 0.0861. The number of nitrogens with zero attached hydrogens (tertiary/aromatic N) is 1. The van der Waals surface area contributed by atoms with E-state index in [1.54, 1.807) is 0 Å². The Kier molecular flexibility index (Phi) is 4.62. The lowest BCUT2D eigenvalue weighted by molar-refractivity contribution is 0.407. The predicted octanol–water partition coefficient (Wildman–Crippen LogP) is 4.45. The van der Waals surface area contributed by atoms with Gasteiger partial charge in [-0.15, -0.1) is 0 Å². The molecule has 3 nitrogen and oxygen atoms in total. The van der Waals surface area contributed by atoms with Gasteiger partial charge in [-0.3, -0.25) is 4.98 Å². The quantitative estimate of drug-likeness (QED) is 0.817. The largest absolute Gasteiger partial charge is 0.353 e. The minimum atomic E-state index is -0.0861. The smallest absolute Gasteiger partial charge is 0.171 e.